The van der Waals surface area contributed by atoms with Crippen molar-refractivity contribution in [3.63, 3.8) is 0 Å². The van der Waals surface area contributed by atoms with Gasteiger partial charge in [-0.15, -0.1) is 0 Å². The molecule has 0 N–H and O–H groups in total. The Morgan fingerprint density at radius 1 is 1.11 bits per heavy atom. The average molecular weight is 382 g/mol. The van der Waals surface area contributed by atoms with Gasteiger partial charge in [0.1, 0.15) is 11.5 Å². The van der Waals surface area contributed by atoms with Crippen molar-refractivity contribution in [2.75, 3.05) is 34.4 Å². The van der Waals surface area contributed by atoms with Crippen LogP contribution < -0.4 is 9.47 Å². The van der Waals surface area contributed by atoms with E-state index >= 15 is 0 Å². The van der Waals surface area contributed by atoms with Gasteiger partial charge in [0.25, 0.3) is 5.91 Å². The summed E-state index contributed by atoms with van der Waals surface area (Å²) in [5.74, 6) is 1.20. The van der Waals surface area contributed by atoms with E-state index in [1.165, 1.54) is 4.90 Å². The lowest BCUT2D eigenvalue weighted by Gasteiger charge is -2.28. The number of likely N-dealkylation sites (N-methyl/N-ethyl adjacent to an activating group) is 1. The zero-order chi connectivity index (χ0) is 20.1. The number of carbonyl (C=O) groups is 2. The van der Waals surface area contributed by atoms with Crippen LogP contribution in [-0.2, 0) is 4.79 Å². The number of hydrogen-bond acceptors (Lipinski definition) is 4. The van der Waals surface area contributed by atoms with E-state index in [-0.39, 0.29) is 24.4 Å². The maximum absolute atomic E-state index is 13.0. The van der Waals surface area contributed by atoms with Crippen LogP contribution in [0.1, 0.15) is 34.8 Å². The van der Waals surface area contributed by atoms with Crippen LogP contribution in [0.25, 0.3) is 0 Å². The lowest BCUT2D eigenvalue weighted by Crippen LogP contribution is -2.40. The maximum Gasteiger partial charge on any atom is 0.254 e. The van der Waals surface area contributed by atoms with Gasteiger partial charge in [-0.2, -0.15) is 0 Å². The van der Waals surface area contributed by atoms with Gasteiger partial charge in [0.2, 0.25) is 5.91 Å². The Morgan fingerprint density at radius 3 is 2.54 bits per heavy atom. The molecular formula is C22H26N2O4. The van der Waals surface area contributed by atoms with Crippen molar-refractivity contribution in [2.24, 2.45) is 0 Å². The number of carbonyl (C=O) groups excluding carboxylic acids is 2. The molecule has 1 aliphatic rings. The second-order valence-corrected chi connectivity index (χ2v) is 6.88. The SMILES string of the molecule is COc1ccc(C2CCCN2C(=O)CN(C)C(=O)c2ccccc2)c(OC)c1. The number of ether oxygens (including phenoxy) is 2. The normalized spacial score (nSPS) is 16.0. The van der Waals surface area contributed by atoms with Gasteiger partial charge in [-0.05, 0) is 37.1 Å². The first kappa shape index (κ1) is 19.7. The average Bonchev–Trinajstić information content (AvgIpc) is 3.23. The first-order valence-corrected chi connectivity index (χ1v) is 9.37. The number of hydrogen-bond donors (Lipinski definition) is 0. The lowest BCUT2D eigenvalue weighted by atomic mass is 10.0. The molecule has 2 aromatic rings. The molecule has 148 valence electrons. The summed E-state index contributed by atoms with van der Waals surface area (Å²) >= 11 is 0. The fraction of sp³-hybridized carbons (Fsp3) is 0.364. The highest BCUT2D eigenvalue weighted by Gasteiger charge is 2.32. The lowest BCUT2D eigenvalue weighted by molar-refractivity contribution is -0.132. The van der Waals surface area contributed by atoms with Crippen molar-refractivity contribution >= 4 is 11.8 Å². The fourth-order valence-corrected chi connectivity index (χ4v) is 3.65. The van der Waals surface area contributed by atoms with E-state index in [1.54, 1.807) is 33.4 Å². The van der Waals surface area contributed by atoms with E-state index in [0.717, 1.165) is 18.4 Å². The third kappa shape index (κ3) is 4.11. The Morgan fingerprint density at radius 2 is 1.86 bits per heavy atom. The highest BCUT2D eigenvalue weighted by molar-refractivity contribution is 5.96. The van der Waals surface area contributed by atoms with Gasteiger partial charge in [0.15, 0.2) is 0 Å². The second-order valence-electron chi connectivity index (χ2n) is 6.88. The van der Waals surface area contributed by atoms with E-state index in [4.69, 9.17) is 9.47 Å². The highest BCUT2D eigenvalue weighted by Crippen LogP contribution is 2.38. The monoisotopic (exact) mass is 382 g/mol. The molecule has 0 bridgehead atoms. The predicted octanol–water partition coefficient (Wildman–Crippen LogP) is 3.14. The molecule has 2 aromatic carbocycles. The van der Waals surface area contributed by atoms with Crippen LogP contribution in [0.5, 0.6) is 11.5 Å². The van der Waals surface area contributed by atoms with Crippen LogP contribution in [0.15, 0.2) is 48.5 Å². The van der Waals surface area contributed by atoms with Crippen molar-refractivity contribution in [2.45, 2.75) is 18.9 Å². The Hall–Kier alpha value is -3.02. The smallest absolute Gasteiger partial charge is 0.254 e. The van der Waals surface area contributed by atoms with E-state index in [9.17, 15) is 9.59 Å². The van der Waals surface area contributed by atoms with Gasteiger partial charge in [-0.1, -0.05) is 18.2 Å². The Balaban J connectivity index is 1.74. The third-order valence-electron chi connectivity index (χ3n) is 5.11. The number of likely N-dealkylation sites (tertiary alicyclic amines) is 1. The molecule has 1 atom stereocenters. The molecule has 1 saturated heterocycles. The van der Waals surface area contributed by atoms with Gasteiger partial charge in [0, 0.05) is 30.8 Å². The molecule has 1 heterocycles. The highest BCUT2D eigenvalue weighted by atomic mass is 16.5. The van der Waals surface area contributed by atoms with Crippen molar-refractivity contribution in [3.05, 3.63) is 59.7 Å². The van der Waals surface area contributed by atoms with Gasteiger partial charge in [-0.25, -0.2) is 0 Å². The molecule has 0 radical (unpaired) electrons. The molecule has 28 heavy (non-hydrogen) atoms. The molecule has 6 heteroatoms. The molecule has 0 saturated carbocycles. The van der Waals surface area contributed by atoms with Gasteiger partial charge < -0.3 is 19.3 Å². The van der Waals surface area contributed by atoms with Gasteiger partial charge in [0.05, 0.1) is 26.8 Å². The van der Waals surface area contributed by atoms with E-state index in [0.29, 0.717) is 23.6 Å². The fourth-order valence-electron chi connectivity index (χ4n) is 3.65. The first-order chi connectivity index (χ1) is 13.5. The summed E-state index contributed by atoms with van der Waals surface area (Å²) < 4.78 is 10.8. The number of nitrogens with zero attached hydrogens (tertiary/aromatic N) is 2. The molecule has 0 spiro atoms. The van der Waals surface area contributed by atoms with E-state index in [1.807, 2.05) is 41.3 Å². The predicted molar refractivity (Wildman–Crippen MR) is 107 cm³/mol. The minimum atomic E-state index is -0.160. The standard InChI is InChI=1S/C22H26N2O4/c1-23(22(26)16-8-5-4-6-9-16)15-21(25)24-13-7-10-19(24)18-12-11-17(27-2)14-20(18)28-3/h4-6,8-9,11-12,14,19H,7,10,13,15H2,1-3H3. The maximum atomic E-state index is 13.0. The second kappa shape index (κ2) is 8.78. The van der Waals surface area contributed by atoms with Crippen molar-refractivity contribution in [3.8, 4) is 11.5 Å². The molecule has 0 aliphatic carbocycles. The molecule has 6 nitrogen and oxygen atoms in total. The molecule has 0 aromatic heterocycles. The van der Waals surface area contributed by atoms with Gasteiger partial charge in [-0.3, -0.25) is 9.59 Å². The number of benzene rings is 2. The summed E-state index contributed by atoms with van der Waals surface area (Å²) in [5, 5.41) is 0. The summed E-state index contributed by atoms with van der Waals surface area (Å²) in [6, 6.07) is 14.6. The zero-order valence-electron chi connectivity index (χ0n) is 16.6. The Kier molecular flexibility index (Phi) is 6.19. The quantitative estimate of drug-likeness (QED) is 0.770. The Bertz CT molecular complexity index is 838. The van der Waals surface area contributed by atoms with Crippen LogP contribution in [0.4, 0.5) is 0 Å². The number of amides is 2. The summed E-state index contributed by atoms with van der Waals surface area (Å²) in [6.45, 7) is 0.717. The van der Waals surface area contributed by atoms with Crippen LogP contribution in [-0.4, -0.2) is 56.0 Å². The number of methoxy groups -OCH3 is 2. The third-order valence-corrected chi connectivity index (χ3v) is 5.11. The molecule has 2 amide bonds. The summed E-state index contributed by atoms with van der Waals surface area (Å²) in [7, 11) is 4.89. The largest absolute Gasteiger partial charge is 0.497 e. The van der Waals surface area contributed by atoms with Crippen LogP contribution in [0, 0.1) is 0 Å². The van der Waals surface area contributed by atoms with Crippen LogP contribution in [0.3, 0.4) is 0 Å². The van der Waals surface area contributed by atoms with Crippen LogP contribution in [0.2, 0.25) is 0 Å². The summed E-state index contributed by atoms with van der Waals surface area (Å²) in [5.41, 5.74) is 1.54. The van der Waals surface area contributed by atoms with Crippen molar-refractivity contribution < 1.29 is 19.1 Å². The first-order valence-electron chi connectivity index (χ1n) is 9.37. The summed E-state index contributed by atoms with van der Waals surface area (Å²) in [6.07, 6.45) is 1.78. The van der Waals surface area contributed by atoms with Crippen LogP contribution >= 0.6 is 0 Å². The zero-order valence-corrected chi connectivity index (χ0v) is 16.6. The van der Waals surface area contributed by atoms with Crippen molar-refractivity contribution in [1.82, 2.24) is 9.80 Å². The Labute approximate surface area is 165 Å². The van der Waals surface area contributed by atoms with Gasteiger partial charge >= 0.3 is 0 Å². The minimum absolute atomic E-state index is 0.0443. The number of rotatable bonds is 6. The molecule has 3 rings (SSSR count). The molecule has 1 fully saturated rings. The topological polar surface area (TPSA) is 59.1 Å². The van der Waals surface area contributed by atoms with E-state index in [2.05, 4.69) is 0 Å². The van der Waals surface area contributed by atoms with Crippen molar-refractivity contribution in [1.29, 1.82) is 0 Å². The minimum Gasteiger partial charge on any atom is -0.497 e. The molecule has 1 aliphatic heterocycles. The molecular weight excluding hydrogens is 356 g/mol. The molecule has 1 unspecified atom stereocenters. The summed E-state index contributed by atoms with van der Waals surface area (Å²) in [4.78, 5) is 28.8. The van der Waals surface area contributed by atoms with E-state index < -0.39 is 0 Å².